The molecule has 6 rings (SSSR count). The molecule has 1 aliphatic heterocycles. The van der Waals surface area contributed by atoms with Gasteiger partial charge in [0.15, 0.2) is 0 Å². The number of aliphatic hydroxyl groups excluding tert-OH is 1. The average Bonchev–Trinajstić information content (AvgIpc) is 3.27. The van der Waals surface area contributed by atoms with Crippen molar-refractivity contribution < 1.29 is 29.3 Å². The van der Waals surface area contributed by atoms with Crippen LogP contribution in [-0.4, -0.2) is 40.5 Å². The predicted molar refractivity (Wildman–Crippen MR) is 119 cm³/mol. The molecule has 0 aromatic heterocycles. The Morgan fingerprint density at radius 2 is 2.06 bits per heavy atom. The van der Waals surface area contributed by atoms with Gasteiger partial charge in [0.1, 0.15) is 5.60 Å². The summed E-state index contributed by atoms with van der Waals surface area (Å²) < 4.78 is 12.3. The predicted octanol–water partition coefficient (Wildman–Crippen LogP) is 3.58. The van der Waals surface area contributed by atoms with Crippen molar-refractivity contribution in [2.75, 3.05) is 6.61 Å². The third-order valence-corrected chi connectivity index (χ3v) is 10.1. The fourth-order valence-corrected chi connectivity index (χ4v) is 8.88. The van der Waals surface area contributed by atoms with Crippen LogP contribution >= 0.6 is 0 Å². The summed E-state index contributed by atoms with van der Waals surface area (Å²) in [6, 6.07) is 10.1. The van der Waals surface area contributed by atoms with E-state index >= 15 is 0 Å². The highest BCUT2D eigenvalue weighted by atomic mass is 16.6. The van der Waals surface area contributed by atoms with Crippen molar-refractivity contribution in [1.82, 2.24) is 0 Å². The third kappa shape index (κ3) is 2.57. The van der Waals surface area contributed by atoms with E-state index < -0.39 is 46.3 Å². The molecule has 4 bridgehead atoms. The van der Waals surface area contributed by atoms with E-state index in [4.69, 9.17) is 9.47 Å². The first-order valence-electron chi connectivity index (χ1n) is 12.2. The average molecular weight is 453 g/mol. The number of aliphatic carboxylic acids is 1. The first kappa shape index (κ1) is 21.4. The molecule has 1 aromatic carbocycles. The van der Waals surface area contributed by atoms with Crippen molar-refractivity contribution in [1.29, 1.82) is 0 Å². The van der Waals surface area contributed by atoms with Gasteiger partial charge < -0.3 is 19.7 Å². The topological polar surface area (TPSA) is 93.1 Å². The summed E-state index contributed by atoms with van der Waals surface area (Å²) in [5, 5.41) is 21.3. The lowest BCUT2D eigenvalue weighted by atomic mass is 9.59. The van der Waals surface area contributed by atoms with Gasteiger partial charge in [0, 0.05) is 11.8 Å². The van der Waals surface area contributed by atoms with Gasteiger partial charge in [-0.25, -0.2) is 0 Å². The Labute approximate surface area is 194 Å². The Balaban J connectivity index is 1.35. The Morgan fingerprint density at radius 1 is 1.30 bits per heavy atom. The zero-order valence-electron chi connectivity index (χ0n) is 19.0. The molecule has 0 unspecified atom stereocenters. The number of benzene rings is 1. The maximum atomic E-state index is 13.1. The highest BCUT2D eigenvalue weighted by Gasteiger charge is 2.83. The fourth-order valence-electron chi connectivity index (χ4n) is 8.88. The molecule has 5 aliphatic rings. The summed E-state index contributed by atoms with van der Waals surface area (Å²) in [6.07, 6.45) is 2.33. The van der Waals surface area contributed by atoms with E-state index in [9.17, 15) is 19.8 Å². The zero-order valence-corrected chi connectivity index (χ0v) is 19.0. The number of ether oxygens (including phenoxy) is 2. The van der Waals surface area contributed by atoms with Crippen LogP contribution < -0.4 is 0 Å². The molecule has 1 spiro atoms. The maximum absolute atomic E-state index is 13.1. The molecule has 5 fully saturated rings. The van der Waals surface area contributed by atoms with Crippen molar-refractivity contribution in [3.8, 4) is 0 Å². The fraction of sp³-hybridized carbons (Fsp3) is 0.630. The number of carbonyl (C=O) groups excluding carboxylic acids is 1. The number of carboxylic acids is 1. The number of allylic oxidation sites excluding steroid dienone is 1. The molecular weight excluding hydrogens is 420 g/mol. The highest BCUT2D eigenvalue weighted by Crippen LogP contribution is 2.78. The first-order valence-corrected chi connectivity index (χ1v) is 12.2. The number of rotatable bonds is 5. The smallest absolute Gasteiger partial charge is 0.315 e. The van der Waals surface area contributed by atoms with Crippen molar-refractivity contribution >= 4 is 11.9 Å². The number of esters is 1. The molecule has 2 N–H and O–H groups in total. The van der Waals surface area contributed by atoms with Crippen LogP contribution in [-0.2, 0) is 25.7 Å². The van der Waals surface area contributed by atoms with Gasteiger partial charge in [-0.2, -0.15) is 0 Å². The summed E-state index contributed by atoms with van der Waals surface area (Å²) in [5.74, 6) is -2.09. The van der Waals surface area contributed by atoms with Crippen LogP contribution in [0.15, 0.2) is 42.5 Å². The van der Waals surface area contributed by atoms with Crippen LogP contribution in [0.5, 0.6) is 0 Å². The van der Waals surface area contributed by atoms with E-state index in [1.807, 2.05) is 30.3 Å². The van der Waals surface area contributed by atoms with Gasteiger partial charge in [0.05, 0.1) is 30.7 Å². The summed E-state index contributed by atoms with van der Waals surface area (Å²) in [7, 11) is 0. The van der Waals surface area contributed by atoms with Gasteiger partial charge in [-0.05, 0) is 61.8 Å². The third-order valence-electron chi connectivity index (χ3n) is 10.1. The van der Waals surface area contributed by atoms with E-state index in [1.54, 1.807) is 6.92 Å². The van der Waals surface area contributed by atoms with Gasteiger partial charge in [0.2, 0.25) is 0 Å². The summed E-state index contributed by atoms with van der Waals surface area (Å²) >= 11 is 0. The largest absolute Gasteiger partial charge is 0.481 e. The van der Waals surface area contributed by atoms with Crippen molar-refractivity contribution in [2.45, 2.75) is 57.3 Å². The number of aliphatic hydroxyl groups is 1. The molecule has 176 valence electrons. The van der Waals surface area contributed by atoms with Crippen molar-refractivity contribution in [2.24, 2.45) is 40.4 Å². The molecule has 6 nitrogen and oxygen atoms in total. The van der Waals surface area contributed by atoms with Crippen LogP contribution in [0.25, 0.3) is 0 Å². The Bertz CT molecular complexity index is 1020. The van der Waals surface area contributed by atoms with E-state index in [1.165, 1.54) is 0 Å². The second kappa shape index (κ2) is 6.92. The van der Waals surface area contributed by atoms with E-state index in [-0.39, 0.29) is 17.8 Å². The lowest BCUT2D eigenvalue weighted by molar-refractivity contribution is -0.164. The molecule has 1 aromatic rings. The van der Waals surface area contributed by atoms with E-state index in [0.717, 1.165) is 24.0 Å². The van der Waals surface area contributed by atoms with Crippen LogP contribution in [0.4, 0.5) is 0 Å². The normalized spacial score (nSPS) is 47.2. The minimum atomic E-state index is -1.16. The number of hydrogen-bond donors (Lipinski definition) is 2. The first-order chi connectivity index (χ1) is 15.7. The van der Waals surface area contributed by atoms with Crippen molar-refractivity contribution in [3.63, 3.8) is 0 Å². The van der Waals surface area contributed by atoms with Gasteiger partial charge >= 0.3 is 11.9 Å². The lowest BCUT2D eigenvalue weighted by Crippen LogP contribution is -2.53. The second-order valence-corrected chi connectivity index (χ2v) is 11.4. The minimum absolute atomic E-state index is 0.0461. The van der Waals surface area contributed by atoms with Crippen LogP contribution in [0.2, 0.25) is 0 Å². The molecule has 1 saturated heterocycles. The van der Waals surface area contributed by atoms with Crippen LogP contribution in [0, 0.1) is 40.4 Å². The van der Waals surface area contributed by atoms with Gasteiger partial charge in [0.25, 0.3) is 0 Å². The van der Waals surface area contributed by atoms with Crippen LogP contribution in [0.1, 0.15) is 44.6 Å². The number of hydrogen-bond acceptors (Lipinski definition) is 5. The zero-order chi connectivity index (χ0) is 23.2. The summed E-state index contributed by atoms with van der Waals surface area (Å²) in [4.78, 5) is 25.9. The molecule has 0 amide bonds. The summed E-state index contributed by atoms with van der Waals surface area (Å²) in [6.45, 7) is 7.23. The molecule has 6 heteroatoms. The monoisotopic (exact) mass is 452 g/mol. The maximum Gasteiger partial charge on any atom is 0.315 e. The summed E-state index contributed by atoms with van der Waals surface area (Å²) in [5.41, 5.74) is -0.187. The molecule has 4 aliphatic carbocycles. The molecule has 33 heavy (non-hydrogen) atoms. The lowest BCUT2D eigenvalue weighted by Gasteiger charge is -2.46. The molecule has 9 atom stereocenters. The SMILES string of the molecule is C=C1C[C@]23C[C@H]1[C@@H](COCc1ccccc1)C[C@H]2[C@@]12CC[C@H](O)[C@@](C)(C(=O)O1)[C@H]2[C@@H]3C(=O)O. The minimum Gasteiger partial charge on any atom is -0.481 e. The van der Waals surface area contributed by atoms with Crippen molar-refractivity contribution in [3.05, 3.63) is 48.0 Å². The number of carbonyl (C=O) groups is 2. The van der Waals surface area contributed by atoms with Gasteiger partial charge in [-0.3, -0.25) is 9.59 Å². The highest BCUT2D eigenvalue weighted by molar-refractivity contribution is 5.85. The van der Waals surface area contributed by atoms with E-state index in [0.29, 0.717) is 32.5 Å². The van der Waals surface area contributed by atoms with Gasteiger partial charge in [-0.1, -0.05) is 42.5 Å². The molecule has 1 heterocycles. The number of carboxylic acid groups (broad SMARTS) is 1. The second-order valence-electron chi connectivity index (χ2n) is 11.4. The van der Waals surface area contributed by atoms with E-state index in [2.05, 4.69) is 6.58 Å². The van der Waals surface area contributed by atoms with Crippen LogP contribution in [0.3, 0.4) is 0 Å². The quantitative estimate of drug-likeness (QED) is 0.524. The molecular formula is C27H32O6. The standard InChI is InChI=1S/C27H32O6/c1-15-11-26-12-18(15)17(14-32-13-16-6-4-3-5-7-16)10-19(26)27-9-8-20(28)25(2,24(31)33-27)22(27)21(26)23(29)30/h3-7,17-22,28H,1,8-14H2,2H3,(H,29,30)/t17-,18-,19-,20+,21-,22-,25-,26+,27-/m1/s1. The Morgan fingerprint density at radius 3 is 2.79 bits per heavy atom. The Hall–Kier alpha value is -2.18. The Kier molecular flexibility index (Phi) is 4.48. The number of fused-ring (bicyclic) bond motifs is 1. The molecule has 0 radical (unpaired) electrons. The van der Waals surface area contributed by atoms with Gasteiger partial charge in [-0.15, -0.1) is 0 Å². The molecule has 4 saturated carbocycles.